The lowest BCUT2D eigenvalue weighted by atomic mass is 10.4. The number of nitrogens with zero attached hydrogens (tertiary/aromatic N) is 3. The smallest absolute Gasteiger partial charge is 0.244 e. The predicted molar refractivity (Wildman–Crippen MR) is 81.8 cm³/mol. The Morgan fingerprint density at radius 2 is 2.05 bits per heavy atom. The van der Waals surface area contributed by atoms with Gasteiger partial charge >= 0.3 is 0 Å². The lowest BCUT2D eigenvalue weighted by Gasteiger charge is -2.14. The zero-order valence-corrected chi connectivity index (χ0v) is 14.1. The summed E-state index contributed by atoms with van der Waals surface area (Å²) in [6, 6.07) is 0. The lowest BCUT2D eigenvalue weighted by Crippen LogP contribution is -2.33. The molecule has 0 radical (unpaired) electrons. The van der Waals surface area contributed by atoms with Gasteiger partial charge in [0.1, 0.15) is 4.90 Å². The molecule has 7 nitrogen and oxygen atoms in total. The highest BCUT2D eigenvalue weighted by atomic mass is 32.2. The van der Waals surface area contributed by atoms with Crippen LogP contribution in [0.5, 0.6) is 0 Å². The van der Waals surface area contributed by atoms with Crippen LogP contribution in [-0.4, -0.2) is 61.5 Å². The molecule has 0 saturated heterocycles. The van der Waals surface area contributed by atoms with Crippen LogP contribution in [0.25, 0.3) is 0 Å². The van der Waals surface area contributed by atoms with Gasteiger partial charge < -0.3 is 10.0 Å². The van der Waals surface area contributed by atoms with Crippen molar-refractivity contribution in [1.82, 2.24) is 19.4 Å². The van der Waals surface area contributed by atoms with E-state index in [-0.39, 0.29) is 11.5 Å². The molecule has 122 valence electrons. The summed E-state index contributed by atoms with van der Waals surface area (Å²) in [4.78, 5) is 2.28. The van der Waals surface area contributed by atoms with Crippen molar-refractivity contribution in [2.45, 2.75) is 38.6 Å². The Morgan fingerprint density at radius 3 is 2.62 bits per heavy atom. The van der Waals surface area contributed by atoms with Crippen LogP contribution < -0.4 is 4.72 Å². The van der Waals surface area contributed by atoms with E-state index in [1.54, 1.807) is 18.5 Å². The maximum Gasteiger partial charge on any atom is 0.244 e. The minimum absolute atomic E-state index is 0.0576. The van der Waals surface area contributed by atoms with Crippen LogP contribution in [0.2, 0.25) is 0 Å². The van der Waals surface area contributed by atoms with Crippen LogP contribution in [0.15, 0.2) is 4.90 Å². The van der Waals surface area contributed by atoms with Crippen LogP contribution in [0.3, 0.4) is 0 Å². The first kappa shape index (κ1) is 18.1. The van der Waals surface area contributed by atoms with E-state index in [1.807, 2.05) is 18.9 Å². The molecule has 2 N–H and O–H groups in total. The van der Waals surface area contributed by atoms with Crippen molar-refractivity contribution in [2.75, 3.05) is 33.3 Å². The summed E-state index contributed by atoms with van der Waals surface area (Å²) in [5.74, 6) is 0. The van der Waals surface area contributed by atoms with Crippen LogP contribution >= 0.6 is 0 Å². The molecule has 0 unspecified atom stereocenters. The second-order valence-electron chi connectivity index (χ2n) is 5.09. The monoisotopic (exact) mass is 318 g/mol. The Balaban J connectivity index is 2.85. The lowest BCUT2D eigenvalue weighted by molar-refractivity contribution is 0.276. The molecule has 1 aromatic heterocycles. The fourth-order valence-corrected chi connectivity index (χ4v) is 3.54. The topological polar surface area (TPSA) is 87.5 Å². The highest BCUT2D eigenvalue weighted by molar-refractivity contribution is 7.89. The zero-order chi connectivity index (χ0) is 16.0. The zero-order valence-electron chi connectivity index (χ0n) is 13.3. The number of rotatable bonds is 9. The summed E-state index contributed by atoms with van der Waals surface area (Å²) < 4.78 is 29.1. The highest BCUT2D eigenvalue weighted by Gasteiger charge is 2.24. The van der Waals surface area contributed by atoms with Gasteiger partial charge in [-0.05, 0) is 33.9 Å². The van der Waals surface area contributed by atoms with E-state index in [0.717, 1.165) is 6.54 Å². The molecule has 0 aliphatic heterocycles. The largest absolute Gasteiger partial charge is 0.396 e. The molecule has 0 aromatic carbocycles. The Kier molecular flexibility index (Phi) is 6.79. The van der Waals surface area contributed by atoms with Gasteiger partial charge in [-0.1, -0.05) is 6.92 Å². The fourth-order valence-electron chi connectivity index (χ4n) is 2.11. The molecule has 0 fully saturated rings. The highest BCUT2D eigenvalue weighted by Crippen LogP contribution is 2.19. The van der Waals surface area contributed by atoms with Crippen molar-refractivity contribution in [3.8, 4) is 0 Å². The molecule has 0 amide bonds. The fraction of sp³-hybridized carbons (Fsp3) is 0.769. The van der Waals surface area contributed by atoms with Gasteiger partial charge in [0.05, 0.1) is 11.4 Å². The minimum atomic E-state index is -3.55. The summed E-state index contributed by atoms with van der Waals surface area (Å²) in [5.41, 5.74) is 1.10. The molecule has 1 rings (SSSR count). The third-order valence-corrected chi connectivity index (χ3v) is 5.15. The first-order valence-electron chi connectivity index (χ1n) is 7.16. The second-order valence-corrected chi connectivity index (χ2v) is 6.80. The van der Waals surface area contributed by atoms with Gasteiger partial charge in [-0.25, -0.2) is 13.1 Å². The Hall–Kier alpha value is -0.960. The molecule has 1 heterocycles. The van der Waals surface area contributed by atoms with Crippen LogP contribution in [0.4, 0.5) is 0 Å². The molecule has 1 aromatic rings. The number of aryl methyl sites for hydroxylation is 2. The number of sulfonamides is 1. The van der Waals surface area contributed by atoms with Crippen molar-refractivity contribution in [3.05, 3.63) is 11.4 Å². The van der Waals surface area contributed by atoms with E-state index >= 15 is 0 Å². The Labute approximate surface area is 127 Å². The average Bonchev–Trinajstić information content (AvgIpc) is 2.71. The molecule has 0 aliphatic carbocycles. The number of aliphatic hydroxyl groups is 1. The van der Waals surface area contributed by atoms with Crippen molar-refractivity contribution >= 4 is 10.0 Å². The van der Waals surface area contributed by atoms with E-state index in [1.165, 1.54) is 0 Å². The minimum Gasteiger partial charge on any atom is -0.396 e. The summed E-state index contributed by atoms with van der Waals surface area (Å²) in [7, 11) is -1.61. The Morgan fingerprint density at radius 1 is 1.38 bits per heavy atom. The van der Waals surface area contributed by atoms with Crippen LogP contribution in [-0.2, 0) is 16.6 Å². The van der Waals surface area contributed by atoms with E-state index in [9.17, 15) is 8.42 Å². The molecule has 0 aliphatic rings. The Bertz CT molecular complexity index is 554. The predicted octanol–water partition coefficient (Wildman–Crippen LogP) is 0.112. The van der Waals surface area contributed by atoms with Gasteiger partial charge in [-0.15, -0.1) is 0 Å². The number of hydrogen-bond acceptors (Lipinski definition) is 5. The third kappa shape index (κ3) is 4.77. The normalized spacial score (nSPS) is 12.3. The molecule has 21 heavy (non-hydrogen) atoms. The van der Waals surface area contributed by atoms with E-state index < -0.39 is 10.0 Å². The van der Waals surface area contributed by atoms with E-state index in [0.29, 0.717) is 37.4 Å². The molecule has 0 saturated carbocycles. The maximum absolute atomic E-state index is 12.4. The van der Waals surface area contributed by atoms with Gasteiger partial charge in [-0.2, -0.15) is 5.10 Å². The third-order valence-electron chi connectivity index (χ3n) is 3.44. The van der Waals surface area contributed by atoms with E-state index in [2.05, 4.69) is 9.82 Å². The van der Waals surface area contributed by atoms with Gasteiger partial charge in [0, 0.05) is 26.2 Å². The molecule has 0 spiro atoms. The average molecular weight is 318 g/mol. The van der Waals surface area contributed by atoms with Crippen LogP contribution in [0, 0.1) is 13.8 Å². The number of nitrogens with one attached hydrogen (secondary N) is 1. The van der Waals surface area contributed by atoms with Crippen LogP contribution in [0.1, 0.15) is 24.7 Å². The molecular weight excluding hydrogens is 292 g/mol. The first-order valence-corrected chi connectivity index (χ1v) is 8.64. The SMILES string of the molecule is CCN(C)CCNS(=O)(=O)c1c(C)nn(CCCO)c1C. The van der Waals surface area contributed by atoms with Gasteiger partial charge in [0.2, 0.25) is 10.0 Å². The first-order chi connectivity index (χ1) is 9.83. The molecule has 0 atom stereocenters. The van der Waals surface area contributed by atoms with Crippen molar-refractivity contribution in [1.29, 1.82) is 0 Å². The molecular formula is C13H26N4O3S. The summed E-state index contributed by atoms with van der Waals surface area (Å²) in [6.07, 6.45) is 0.552. The molecule has 0 bridgehead atoms. The van der Waals surface area contributed by atoms with Gasteiger partial charge in [0.15, 0.2) is 0 Å². The van der Waals surface area contributed by atoms with E-state index in [4.69, 9.17) is 5.11 Å². The number of likely N-dealkylation sites (N-methyl/N-ethyl adjacent to an activating group) is 1. The number of aromatic nitrogens is 2. The summed E-state index contributed by atoms with van der Waals surface area (Å²) in [5, 5.41) is 13.1. The van der Waals surface area contributed by atoms with Crippen molar-refractivity contribution < 1.29 is 13.5 Å². The van der Waals surface area contributed by atoms with Crippen molar-refractivity contribution in [2.24, 2.45) is 0 Å². The standard InChI is InChI=1S/C13H26N4O3S/c1-5-16(4)9-7-14-21(19,20)13-11(2)15-17(12(13)3)8-6-10-18/h14,18H,5-10H2,1-4H3. The summed E-state index contributed by atoms with van der Waals surface area (Å²) in [6.45, 7) is 7.92. The van der Waals surface area contributed by atoms with Gasteiger partial charge in [-0.3, -0.25) is 4.68 Å². The summed E-state index contributed by atoms with van der Waals surface area (Å²) >= 11 is 0. The molecule has 8 heteroatoms. The number of hydrogen-bond donors (Lipinski definition) is 2. The maximum atomic E-state index is 12.4. The quantitative estimate of drug-likeness (QED) is 0.675. The second kappa shape index (κ2) is 7.88. The van der Waals surface area contributed by atoms with Crippen molar-refractivity contribution in [3.63, 3.8) is 0 Å². The van der Waals surface area contributed by atoms with Gasteiger partial charge in [0.25, 0.3) is 0 Å². The number of aliphatic hydroxyl groups excluding tert-OH is 1.